The van der Waals surface area contributed by atoms with Gasteiger partial charge in [-0.2, -0.15) is 22.3 Å². The Kier molecular flexibility index (Phi) is 13.3. The Hall–Kier alpha value is -0.170. The molecule has 130 valence electrons. The summed E-state index contributed by atoms with van der Waals surface area (Å²) in [4.78, 5) is 0. The van der Waals surface area contributed by atoms with Crippen molar-refractivity contribution in [3.63, 3.8) is 0 Å². The fraction of sp³-hybridized carbons (Fsp3) is 0.636. The van der Waals surface area contributed by atoms with E-state index in [2.05, 4.69) is 81.4 Å². The fourth-order valence-electron chi connectivity index (χ4n) is 2.32. The van der Waals surface area contributed by atoms with Crippen LogP contribution in [0.5, 0.6) is 0 Å². The minimum Gasteiger partial charge on any atom is -0.266 e. The van der Waals surface area contributed by atoms with Crippen molar-refractivity contribution < 1.29 is 25.8 Å². The Morgan fingerprint density at radius 2 is 0.913 bits per heavy atom. The van der Waals surface area contributed by atoms with Gasteiger partial charge in [-0.25, -0.2) is 11.1 Å². The molecule has 0 N–H and O–H groups in total. The number of hydrogen-bond acceptors (Lipinski definition) is 0. The third-order valence-corrected chi connectivity index (χ3v) is 4.97. The summed E-state index contributed by atoms with van der Waals surface area (Å²) in [5, 5.41) is 0. The van der Waals surface area contributed by atoms with Crippen LogP contribution >= 0.6 is 0 Å². The predicted octanol–water partition coefficient (Wildman–Crippen LogP) is 7.25. The van der Waals surface area contributed by atoms with Gasteiger partial charge in [-0.1, -0.05) is 80.1 Å². The topological polar surface area (TPSA) is 0 Å². The van der Waals surface area contributed by atoms with Crippen LogP contribution in [0.4, 0.5) is 0 Å². The number of allylic oxidation sites excluding steroid dienone is 8. The molecule has 0 heterocycles. The molecule has 2 rings (SSSR count). The minimum absolute atomic E-state index is 0. The Labute approximate surface area is 165 Å². The third-order valence-electron chi connectivity index (χ3n) is 4.97. The summed E-state index contributed by atoms with van der Waals surface area (Å²) >= 11 is 0. The van der Waals surface area contributed by atoms with Crippen molar-refractivity contribution >= 4 is 0 Å². The van der Waals surface area contributed by atoms with Gasteiger partial charge in [0.05, 0.1) is 0 Å². The van der Waals surface area contributed by atoms with Crippen LogP contribution in [0.2, 0.25) is 0 Å². The summed E-state index contributed by atoms with van der Waals surface area (Å²) in [5.41, 5.74) is 8.49. The molecular weight excluding hydrogens is 443 g/mol. The zero-order valence-electron chi connectivity index (χ0n) is 17.1. The van der Waals surface area contributed by atoms with Crippen molar-refractivity contribution in [3.05, 3.63) is 45.6 Å². The van der Waals surface area contributed by atoms with E-state index in [1.807, 2.05) is 0 Å². The van der Waals surface area contributed by atoms with Crippen LogP contribution < -0.4 is 0 Å². The monoisotopic (exact) mass is 480 g/mol. The SMILES string of the molecule is CC1=[C-]C(C)C(C)=C1C.CC1=[C-]C(C)C(C)=C1C.CCCC.[Hf]. The molecule has 2 atom stereocenters. The van der Waals surface area contributed by atoms with Crippen LogP contribution in [0, 0.1) is 24.0 Å². The first kappa shape index (κ1) is 25.1. The molecule has 0 nitrogen and oxygen atoms in total. The summed E-state index contributed by atoms with van der Waals surface area (Å²) in [6.45, 7) is 21.7. The molecule has 0 amide bonds. The first-order valence-electron chi connectivity index (χ1n) is 8.72. The maximum absolute atomic E-state index is 3.36. The van der Waals surface area contributed by atoms with Gasteiger partial charge in [-0.15, -0.1) is 13.8 Å². The molecule has 0 aromatic carbocycles. The first-order valence-corrected chi connectivity index (χ1v) is 8.72. The molecule has 0 saturated heterocycles. The van der Waals surface area contributed by atoms with E-state index in [0.29, 0.717) is 11.8 Å². The average Bonchev–Trinajstić information content (AvgIpc) is 2.84. The van der Waals surface area contributed by atoms with Crippen LogP contribution in [0.1, 0.15) is 82.1 Å². The van der Waals surface area contributed by atoms with Crippen LogP contribution in [0.15, 0.2) is 33.4 Å². The molecule has 0 aliphatic heterocycles. The molecule has 0 saturated carbocycles. The van der Waals surface area contributed by atoms with Gasteiger partial charge in [0.15, 0.2) is 0 Å². The summed E-state index contributed by atoms with van der Waals surface area (Å²) < 4.78 is 0. The normalized spacial score (nSPS) is 22.5. The van der Waals surface area contributed by atoms with Gasteiger partial charge in [0.1, 0.15) is 0 Å². The maximum Gasteiger partial charge on any atom is 0 e. The molecule has 23 heavy (non-hydrogen) atoms. The van der Waals surface area contributed by atoms with Crippen LogP contribution in [0.3, 0.4) is 0 Å². The van der Waals surface area contributed by atoms with Crippen molar-refractivity contribution in [2.75, 3.05) is 0 Å². The number of unbranched alkanes of at least 4 members (excludes halogenated alkanes) is 1. The molecule has 2 aliphatic rings. The second kappa shape index (κ2) is 12.2. The Bertz CT molecular complexity index is 440. The van der Waals surface area contributed by atoms with Gasteiger partial charge >= 0.3 is 0 Å². The third kappa shape index (κ3) is 7.96. The number of hydrogen-bond donors (Lipinski definition) is 0. The van der Waals surface area contributed by atoms with Gasteiger partial charge in [-0.3, -0.25) is 12.2 Å². The molecule has 0 bridgehead atoms. The first-order chi connectivity index (χ1) is 10.2. The second-order valence-electron chi connectivity index (χ2n) is 6.60. The smallest absolute Gasteiger partial charge is 0 e. The Morgan fingerprint density at radius 1 is 0.652 bits per heavy atom. The maximum atomic E-state index is 3.36. The zero-order chi connectivity index (χ0) is 17.4. The van der Waals surface area contributed by atoms with Gasteiger partial charge in [0.25, 0.3) is 0 Å². The van der Waals surface area contributed by atoms with Gasteiger partial charge in [0.2, 0.25) is 0 Å². The van der Waals surface area contributed by atoms with Crippen molar-refractivity contribution in [2.24, 2.45) is 11.8 Å². The largest absolute Gasteiger partial charge is 0.266 e. The van der Waals surface area contributed by atoms with E-state index in [9.17, 15) is 0 Å². The van der Waals surface area contributed by atoms with E-state index in [1.165, 1.54) is 46.3 Å². The van der Waals surface area contributed by atoms with Crippen molar-refractivity contribution in [2.45, 2.75) is 82.1 Å². The molecule has 0 radical (unpaired) electrons. The van der Waals surface area contributed by atoms with Crippen molar-refractivity contribution in [1.82, 2.24) is 0 Å². The van der Waals surface area contributed by atoms with Crippen LogP contribution in [-0.4, -0.2) is 0 Å². The van der Waals surface area contributed by atoms with Crippen LogP contribution in [-0.2, 0) is 25.8 Å². The van der Waals surface area contributed by atoms with E-state index in [4.69, 9.17) is 0 Å². The molecule has 0 aromatic heterocycles. The van der Waals surface area contributed by atoms with Crippen molar-refractivity contribution in [3.8, 4) is 0 Å². The molecule has 0 fully saturated rings. The second-order valence-corrected chi connectivity index (χ2v) is 6.60. The van der Waals surface area contributed by atoms with Gasteiger partial charge in [0, 0.05) is 25.8 Å². The molecule has 1 heteroatoms. The van der Waals surface area contributed by atoms with Gasteiger partial charge in [-0.05, 0) is 0 Å². The van der Waals surface area contributed by atoms with E-state index in [1.54, 1.807) is 0 Å². The molecule has 2 unspecified atom stereocenters. The Morgan fingerprint density at radius 3 is 0.957 bits per heavy atom. The van der Waals surface area contributed by atoms with E-state index in [-0.39, 0.29) is 25.8 Å². The molecule has 2 aliphatic carbocycles. The minimum atomic E-state index is 0. The summed E-state index contributed by atoms with van der Waals surface area (Å²) in [6.07, 6.45) is 9.36. The van der Waals surface area contributed by atoms with E-state index >= 15 is 0 Å². The average molecular weight is 479 g/mol. The fourth-order valence-corrected chi connectivity index (χ4v) is 2.32. The van der Waals surface area contributed by atoms with E-state index in [0.717, 1.165) is 0 Å². The van der Waals surface area contributed by atoms with E-state index < -0.39 is 0 Å². The predicted molar refractivity (Wildman–Crippen MR) is 101 cm³/mol. The summed E-state index contributed by atoms with van der Waals surface area (Å²) in [5.74, 6) is 1.12. The molecular formula is C22H36Hf-2. The number of rotatable bonds is 1. The zero-order valence-corrected chi connectivity index (χ0v) is 20.7. The standard InChI is InChI=1S/2C9H13.C4H10.Hf/c2*1-6-5-7(2)9(4)8(6)3;1-3-4-2;/h2*6H,1-4H3;3-4H2,1-2H3;/q2*-1;;. The molecule has 0 spiro atoms. The summed E-state index contributed by atoms with van der Waals surface area (Å²) in [7, 11) is 0. The Balaban J connectivity index is 0. The quantitative estimate of drug-likeness (QED) is 0.275. The van der Waals surface area contributed by atoms with Crippen LogP contribution in [0.25, 0.3) is 0 Å². The molecule has 0 aromatic rings. The van der Waals surface area contributed by atoms with Crippen molar-refractivity contribution in [1.29, 1.82) is 0 Å². The summed E-state index contributed by atoms with van der Waals surface area (Å²) in [6, 6.07) is 0. The van der Waals surface area contributed by atoms with Gasteiger partial charge < -0.3 is 0 Å².